The largest absolute Gasteiger partial charge is 0.274 e. The summed E-state index contributed by atoms with van der Waals surface area (Å²) >= 11 is 0. The fraction of sp³-hybridized carbons (Fsp3) is 0.222. The molecule has 0 bridgehead atoms. The quantitative estimate of drug-likeness (QED) is 0.714. The minimum Gasteiger partial charge on any atom is -0.274 e. The molecular formula is C9H13NO3S. The van der Waals surface area contributed by atoms with Crippen LogP contribution in [0.5, 0.6) is 0 Å². The van der Waals surface area contributed by atoms with Gasteiger partial charge in [-0.2, -0.15) is 0 Å². The zero-order chi connectivity index (χ0) is 11.4. The highest BCUT2D eigenvalue weighted by atomic mass is 32.2. The standard InChI is InChI=1S/C9H13NO3S/c1-5-6-9(7(2)3)14(12,13)10-8(4)11/h5-6H,1-2H2,3-4H3,(H,10,11)/b9-6+. The van der Waals surface area contributed by atoms with E-state index in [2.05, 4.69) is 13.2 Å². The van der Waals surface area contributed by atoms with E-state index in [1.165, 1.54) is 19.1 Å². The topological polar surface area (TPSA) is 63.2 Å². The predicted octanol–water partition coefficient (Wildman–Crippen LogP) is 1.10. The van der Waals surface area contributed by atoms with Crippen LogP contribution in [0.25, 0.3) is 0 Å². The van der Waals surface area contributed by atoms with Gasteiger partial charge in [0.05, 0.1) is 4.91 Å². The third-order valence-corrected chi connectivity index (χ3v) is 2.88. The number of rotatable bonds is 4. The van der Waals surface area contributed by atoms with Crippen molar-refractivity contribution in [3.63, 3.8) is 0 Å². The number of amides is 1. The molecule has 5 heteroatoms. The van der Waals surface area contributed by atoms with Crippen molar-refractivity contribution in [1.82, 2.24) is 4.72 Å². The first-order chi connectivity index (χ1) is 6.31. The zero-order valence-corrected chi connectivity index (χ0v) is 9.02. The summed E-state index contributed by atoms with van der Waals surface area (Å²) in [5.74, 6) is -0.638. The Morgan fingerprint density at radius 1 is 1.36 bits per heavy atom. The highest BCUT2D eigenvalue weighted by Gasteiger charge is 2.18. The number of hydrogen-bond acceptors (Lipinski definition) is 3. The highest BCUT2D eigenvalue weighted by molar-refractivity contribution is 7.94. The van der Waals surface area contributed by atoms with Gasteiger partial charge in [-0.15, -0.1) is 0 Å². The van der Waals surface area contributed by atoms with Gasteiger partial charge in [0.25, 0.3) is 10.0 Å². The molecule has 0 radical (unpaired) electrons. The molecule has 0 heterocycles. The number of nitrogens with one attached hydrogen (secondary N) is 1. The molecule has 0 fully saturated rings. The maximum absolute atomic E-state index is 11.5. The molecule has 1 amide bonds. The van der Waals surface area contributed by atoms with Gasteiger partial charge in [-0.05, 0) is 18.6 Å². The predicted molar refractivity (Wildman–Crippen MR) is 55.8 cm³/mol. The van der Waals surface area contributed by atoms with E-state index in [0.29, 0.717) is 5.57 Å². The van der Waals surface area contributed by atoms with E-state index in [1.807, 2.05) is 4.72 Å². The van der Waals surface area contributed by atoms with E-state index in [4.69, 9.17) is 0 Å². The third-order valence-electron chi connectivity index (χ3n) is 1.26. The van der Waals surface area contributed by atoms with Gasteiger partial charge in [0, 0.05) is 6.92 Å². The number of hydrogen-bond donors (Lipinski definition) is 1. The molecular weight excluding hydrogens is 202 g/mol. The van der Waals surface area contributed by atoms with Gasteiger partial charge in [0.1, 0.15) is 0 Å². The van der Waals surface area contributed by atoms with Crippen LogP contribution in [-0.4, -0.2) is 14.3 Å². The average Bonchev–Trinajstić information content (AvgIpc) is 1.96. The summed E-state index contributed by atoms with van der Waals surface area (Å²) in [7, 11) is -3.79. The molecule has 0 rings (SSSR count). The summed E-state index contributed by atoms with van der Waals surface area (Å²) in [6.07, 6.45) is 2.61. The number of sulfonamides is 1. The lowest BCUT2D eigenvalue weighted by Crippen LogP contribution is -2.29. The lowest BCUT2D eigenvalue weighted by molar-refractivity contribution is -0.117. The van der Waals surface area contributed by atoms with Crippen LogP contribution in [0.1, 0.15) is 13.8 Å². The molecule has 0 aromatic heterocycles. The number of allylic oxidation sites excluding steroid dienone is 3. The molecule has 0 spiro atoms. The molecule has 1 N–H and O–H groups in total. The fourth-order valence-electron chi connectivity index (χ4n) is 0.812. The second kappa shape index (κ2) is 4.76. The Kier molecular flexibility index (Phi) is 4.30. The molecule has 0 aliphatic rings. The Morgan fingerprint density at radius 3 is 2.14 bits per heavy atom. The maximum atomic E-state index is 11.5. The van der Waals surface area contributed by atoms with E-state index in [0.717, 1.165) is 6.92 Å². The molecule has 0 aromatic rings. The molecule has 14 heavy (non-hydrogen) atoms. The van der Waals surface area contributed by atoms with Crippen molar-refractivity contribution >= 4 is 15.9 Å². The first kappa shape index (κ1) is 12.6. The zero-order valence-electron chi connectivity index (χ0n) is 8.20. The Balaban J connectivity index is 5.23. The summed E-state index contributed by atoms with van der Waals surface area (Å²) in [6, 6.07) is 0. The lowest BCUT2D eigenvalue weighted by Gasteiger charge is -2.07. The van der Waals surface area contributed by atoms with Gasteiger partial charge >= 0.3 is 0 Å². The van der Waals surface area contributed by atoms with Crippen LogP contribution in [0.3, 0.4) is 0 Å². The van der Waals surface area contributed by atoms with E-state index in [9.17, 15) is 13.2 Å². The van der Waals surface area contributed by atoms with Crippen molar-refractivity contribution in [2.24, 2.45) is 0 Å². The Bertz CT molecular complexity index is 390. The third kappa shape index (κ3) is 3.57. The molecule has 0 aliphatic heterocycles. The lowest BCUT2D eigenvalue weighted by atomic mass is 10.3. The maximum Gasteiger partial charge on any atom is 0.264 e. The smallest absolute Gasteiger partial charge is 0.264 e. The Labute approximate surface area is 84.1 Å². The molecule has 0 saturated carbocycles. The molecule has 0 aliphatic carbocycles. The molecule has 0 aromatic carbocycles. The van der Waals surface area contributed by atoms with Crippen LogP contribution in [-0.2, 0) is 14.8 Å². The van der Waals surface area contributed by atoms with Crippen LogP contribution in [0.2, 0.25) is 0 Å². The van der Waals surface area contributed by atoms with Gasteiger partial charge in [-0.3, -0.25) is 4.79 Å². The highest BCUT2D eigenvalue weighted by Crippen LogP contribution is 2.13. The van der Waals surface area contributed by atoms with E-state index >= 15 is 0 Å². The number of carbonyl (C=O) groups is 1. The normalized spacial score (nSPS) is 12.0. The minimum atomic E-state index is -3.79. The van der Waals surface area contributed by atoms with Gasteiger partial charge in [-0.25, -0.2) is 13.1 Å². The molecule has 0 saturated heterocycles. The van der Waals surface area contributed by atoms with Gasteiger partial charge in [0.2, 0.25) is 5.91 Å². The van der Waals surface area contributed by atoms with Crippen molar-refractivity contribution in [1.29, 1.82) is 0 Å². The van der Waals surface area contributed by atoms with Crippen LogP contribution >= 0.6 is 0 Å². The van der Waals surface area contributed by atoms with Crippen LogP contribution in [0.15, 0.2) is 35.8 Å². The molecule has 4 nitrogen and oxygen atoms in total. The van der Waals surface area contributed by atoms with Crippen LogP contribution in [0, 0.1) is 0 Å². The second-order valence-corrected chi connectivity index (χ2v) is 4.36. The van der Waals surface area contributed by atoms with Crippen molar-refractivity contribution in [2.45, 2.75) is 13.8 Å². The summed E-state index contributed by atoms with van der Waals surface area (Å²) in [6.45, 7) is 9.54. The first-order valence-corrected chi connectivity index (χ1v) is 5.31. The average molecular weight is 215 g/mol. The van der Waals surface area contributed by atoms with Gasteiger partial charge in [-0.1, -0.05) is 19.2 Å². The molecule has 0 atom stereocenters. The number of carbonyl (C=O) groups excluding carboxylic acids is 1. The van der Waals surface area contributed by atoms with Crippen molar-refractivity contribution in [2.75, 3.05) is 0 Å². The van der Waals surface area contributed by atoms with E-state index in [-0.39, 0.29) is 4.91 Å². The summed E-state index contributed by atoms with van der Waals surface area (Å²) in [4.78, 5) is 10.6. The monoisotopic (exact) mass is 215 g/mol. The molecule has 78 valence electrons. The summed E-state index contributed by atoms with van der Waals surface area (Å²) < 4.78 is 24.8. The van der Waals surface area contributed by atoms with Crippen LogP contribution in [0.4, 0.5) is 0 Å². The Morgan fingerprint density at radius 2 is 1.86 bits per heavy atom. The van der Waals surface area contributed by atoms with Crippen molar-refractivity contribution in [3.05, 3.63) is 35.8 Å². The minimum absolute atomic E-state index is 0.0392. The SMILES string of the molecule is C=C/C=C(\C(=C)C)S(=O)(=O)NC(C)=O. The second-order valence-electron chi connectivity index (χ2n) is 2.71. The van der Waals surface area contributed by atoms with Crippen molar-refractivity contribution in [3.8, 4) is 0 Å². The van der Waals surface area contributed by atoms with E-state index in [1.54, 1.807) is 0 Å². The van der Waals surface area contributed by atoms with E-state index < -0.39 is 15.9 Å². The first-order valence-electron chi connectivity index (χ1n) is 3.83. The van der Waals surface area contributed by atoms with Gasteiger partial charge in [0.15, 0.2) is 0 Å². The fourth-order valence-corrected chi connectivity index (χ4v) is 2.03. The van der Waals surface area contributed by atoms with Crippen molar-refractivity contribution < 1.29 is 13.2 Å². The summed E-state index contributed by atoms with van der Waals surface area (Å²) in [5, 5.41) is 0. The molecule has 0 unspecified atom stereocenters. The Hall–Kier alpha value is -1.36. The van der Waals surface area contributed by atoms with Crippen LogP contribution < -0.4 is 4.72 Å². The summed E-state index contributed by atoms with van der Waals surface area (Å²) in [5.41, 5.74) is 0.346. The van der Waals surface area contributed by atoms with Gasteiger partial charge < -0.3 is 0 Å².